The van der Waals surface area contributed by atoms with Crippen LogP contribution in [0.5, 0.6) is 5.75 Å². The maximum atomic E-state index is 12.0. The minimum absolute atomic E-state index is 0.0722. The highest BCUT2D eigenvalue weighted by molar-refractivity contribution is 5.91. The van der Waals surface area contributed by atoms with Crippen LogP contribution in [-0.4, -0.2) is 10.1 Å². The molecule has 0 saturated heterocycles. The molecule has 0 amide bonds. The van der Waals surface area contributed by atoms with Crippen molar-refractivity contribution < 1.29 is 9.52 Å². The van der Waals surface area contributed by atoms with Gasteiger partial charge in [-0.05, 0) is 24.3 Å². The predicted octanol–water partition coefficient (Wildman–Crippen LogP) is 2.05. The van der Waals surface area contributed by atoms with Gasteiger partial charge in [-0.1, -0.05) is 6.07 Å². The van der Waals surface area contributed by atoms with Gasteiger partial charge in [0.05, 0.1) is 5.39 Å². The SMILES string of the molecule is O=c1c2cccnc2oc2cccc(O)c12. The minimum atomic E-state index is -0.262. The van der Waals surface area contributed by atoms with Gasteiger partial charge in [0.2, 0.25) is 11.1 Å². The monoisotopic (exact) mass is 213 g/mol. The number of hydrogen-bond acceptors (Lipinski definition) is 4. The van der Waals surface area contributed by atoms with Crippen LogP contribution < -0.4 is 5.43 Å². The lowest BCUT2D eigenvalue weighted by atomic mass is 10.1. The van der Waals surface area contributed by atoms with Crippen LogP contribution in [0.2, 0.25) is 0 Å². The van der Waals surface area contributed by atoms with Crippen molar-refractivity contribution in [2.45, 2.75) is 0 Å². The zero-order chi connectivity index (χ0) is 11.1. The number of phenolic OH excluding ortho intramolecular Hbond substituents is 1. The first kappa shape index (κ1) is 8.91. The molecular formula is C12H7NO3. The first-order valence-electron chi connectivity index (χ1n) is 4.77. The Hall–Kier alpha value is -2.36. The predicted molar refractivity (Wildman–Crippen MR) is 59.4 cm³/mol. The van der Waals surface area contributed by atoms with E-state index in [1.807, 2.05) is 0 Å². The van der Waals surface area contributed by atoms with Crippen LogP contribution in [0.3, 0.4) is 0 Å². The number of pyridine rings is 1. The third-order valence-corrected chi connectivity index (χ3v) is 2.45. The second-order valence-corrected chi connectivity index (χ2v) is 3.44. The smallest absolute Gasteiger partial charge is 0.230 e. The number of hydrogen-bond donors (Lipinski definition) is 1. The van der Waals surface area contributed by atoms with Crippen molar-refractivity contribution in [2.24, 2.45) is 0 Å². The highest BCUT2D eigenvalue weighted by Gasteiger charge is 2.10. The Bertz CT molecular complexity index is 746. The molecule has 3 rings (SSSR count). The molecule has 0 saturated carbocycles. The van der Waals surface area contributed by atoms with Gasteiger partial charge in [0.25, 0.3) is 0 Å². The van der Waals surface area contributed by atoms with Gasteiger partial charge in [-0.2, -0.15) is 0 Å². The van der Waals surface area contributed by atoms with Gasteiger partial charge >= 0.3 is 0 Å². The third kappa shape index (κ3) is 1.10. The molecule has 0 fully saturated rings. The highest BCUT2D eigenvalue weighted by Crippen LogP contribution is 2.23. The second-order valence-electron chi connectivity index (χ2n) is 3.44. The number of benzene rings is 1. The fourth-order valence-corrected chi connectivity index (χ4v) is 1.72. The summed E-state index contributed by atoms with van der Waals surface area (Å²) in [5, 5.41) is 10.2. The number of aromatic hydroxyl groups is 1. The molecule has 0 unspecified atom stereocenters. The molecule has 1 aromatic carbocycles. The molecule has 1 N–H and O–H groups in total. The van der Waals surface area contributed by atoms with E-state index in [1.54, 1.807) is 30.5 Å². The van der Waals surface area contributed by atoms with Crippen molar-refractivity contribution in [1.82, 2.24) is 4.98 Å². The molecule has 4 heteroatoms. The van der Waals surface area contributed by atoms with Crippen molar-refractivity contribution in [1.29, 1.82) is 0 Å². The Morgan fingerprint density at radius 3 is 2.94 bits per heavy atom. The molecule has 0 bridgehead atoms. The van der Waals surface area contributed by atoms with E-state index in [0.29, 0.717) is 11.0 Å². The summed E-state index contributed by atoms with van der Waals surface area (Å²) in [4.78, 5) is 16.0. The van der Waals surface area contributed by atoms with E-state index in [-0.39, 0.29) is 22.3 Å². The first-order valence-corrected chi connectivity index (χ1v) is 4.77. The number of nitrogens with zero attached hydrogens (tertiary/aromatic N) is 1. The van der Waals surface area contributed by atoms with E-state index in [4.69, 9.17) is 4.42 Å². The Kier molecular flexibility index (Phi) is 1.71. The quantitative estimate of drug-likeness (QED) is 0.580. The molecule has 0 aliphatic carbocycles. The van der Waals surface area contributed by atoms with Gasteiger partial charge in [-0.3, -0.25) is 4.79 Å². The van der Waals surface area contributed by atoms with E-state index >= 15 is 0 Å². The second kappa shape index (κ2) is 3.06. The van der Waals surface area contributed by atoms with Crippen LogP contribution in [-0.2, 0) is 0 Å². The molecule has 2 aromatic heterocycles. The topological polar surface area (TPSA) is 63.3 Å². The largest absolute Gasteiger partial charge is 0.507 e. The molecule has 0 aliphatic heterocycles. The van der Waals surface area contributed by atoms with Crippen molar-refractivity contribution in [2.75, 3.05) is 0 Å². The van der Waals surface area contributed by atoms with E-state index in [0.717, 1.165) is 0 Å². The summed E-state index contributed by atoms with van der Waals surface area (Å²) < 4.78 is 5.44. The van der Waals surface area contributed by atoms with E-state index < -0.39 is 0 Å². The Morgan fingerprint density at radius 1 is 1.19 bits per heavy atom. The van der Waals surface area contributed by atoms with Gasteiger partial charge in [0.15, 0.2) is 0 Å². The third-order valence-electron chi connectivity index (χ3n) is 2.45. The molecule has 78 valence electrons. The van der Waals surface area contributed by atoms with Gasteiger partial charge in [-0.25, -0.2) is 4.98 Å². The maximum absolute atomic E-state index is 12.0. The van der Waals surface area contributed by atoms with Gasteiger partial charge in [0, 0.05) is 6.20 Å². The molecule has 0 radical (unpaired) electrons. The molecule has 4 nitrogen and oxygen atoms in total. The summed E-state index contributed by atoms with van der Waals surface area (Å²) in [6, 6.07) is 7.99. The fraction of sp³-hybridized carbons (Fsp3) is 0. The average Bonchev–Trinajstić information content (AvgIpc) is 2.29. The zero-order valence-electron chi connectivity index (χ0n) is 8.18. The normalized spacial score (nSPS) is 11.0. The number of aromatic nitrogens is 1. The van der Waals surface area contributed by atoms with E-state index in [9.17, 15) is 9.90 Å². The Morgan fingerprint density at radius 2 is 2.06 bits per heavy atom. The lowest BCUT2D eigenvalue weighted by Gasteiger charge is -2.01. The van der Waals surface area contributed by atoms with E-state index in [2.05, 4.69) is 4.98 Å². The highest BCUT2D eigenvalue weighted by atomic mass is 16.3. The maximum Gasteiger partial charge on any atom is 0.230 e. The average molecular weight is 213 g/mol. The minimum Gasteiger partial charge on any atom is -0.507 e. The van der Waals surface area contributed by atoms with Crippen LogP contribution in [0, 0.1) is 0 Å². The van der Waals surface area contributed by atoms with Gasteiger partial charge < -0.3 is 9.52 Å². The van der Waals surface area contributed by atoms with Crippen molar-refractivity contribution in [3.63, 3.8) is 0 Å². The lowest BCUT2D eigenvalue weighted by molar-refractivity contribution is 0.480. The van der Waals surface area contributed by atoms with Crippen molar-refractivity contribution in [3.05, 3.63) is 46.8 Å². The van der Waals surface area contributed by atoms with E-state index in [1.165, 1.54) is 6.07 Å². The fourth-order valence-electron chi connectivity index (χ4n) is 1.72. The summed E-state index contributed by atoms with van der Waals surface area (Å²) in [6.45, 7) is 0. The molecule has 16 heavy (non-hydrogen) atoms. The summed E-state index contributed by atoms with van der Waals surface area (Å²) in [5.41, 5.74) is 0.365. The summed E-state index contributed by atoms with van der Waals surface area (Å²) >= 11 is 0. The van der Waals surface area contributed by atoms with Crippen LogP contribution in [0.15, 0.2) is 45.7 Å². The number of phenols is 1. The van der Waals surface area contributed by atoms with Crippen LogP contribution >= 0.6 is 0 Å². The number of rotatable bonds is 0. The van der Waals surface area contributed by atoms with Gasteiger partial charge in [0.1, 0.15) is 16.7 Å². The van der Waals surface area contributed by atoms with Crippen LogP contribution in [0.4, 0.5) is 0 Å². The first-order chi connectivity index (χ1) is 7.77. The molecule has 0 atom stereocenters. The summed E-state index contributed by atoms with van der Waals surface area (Å²) in [6.07, 6.45) is 1.56. The Labute approximate surface area is 89.8 Å². The molecular weight excluding hydrogens is 206 g/mol. The summed E-state index contributed by atoms with van der Waals surface area (Å²) in [5.74, 6) is -0.0722. The van der Waals surface area contributed by atoms with Crippen molar-refractivity contribution in [3.8, 4) is 5.75 Å². The van der Waals surface area contributed by atoms with Crippen molar-refractivity contribution >= 4 is 22.1 Å². The molecule has 2 heterocycles. The number of fused-ring (bicyclic) bond motifs is 2. The standard InChI is InChI=1S/C12H7NO3/c14-8-4-1-5-9-10(8)11(15)7-3-2-6-13-12(7)16-9/h1-6,14H. The molecule has 3 aromatic rings. The molecule has 0 spiro atoms. The Balaban J connectivity index is 2.67. The summed E-state index contributed by atoms with van der Waals surface area (Å²) in [7, 11) is 0. The lowest BCUT2D eigenvalue weighted by Crippen LogP contribution is -2.02. The molecule has 0 aliphatic rings. The van der Waals surface area contributed by atoms with Crippen LogP contribution in [0.25, 0.3) is 22.1 Å². The van der Waals surface area contributed by atoms with Gasteiger partial charge in [-0.15, -0.1) is 0 Å². The zero-order valence-corrected chi connectivity index (χ0v) is 8.18. The van der Waals surface area contributed by atoms with Crippen LogP contribution in [0.1, 0.15) is 0 Å².